The monoisotopic (exact) mass is 438 g/mol. The third-order valence-corrected chi connectivity index (χ3v) is 6.42. The van der Waals surface area contributed by atoms with Crippen LogP contribution in [0.1, 0.15) is 19.3 Å². The SMILES string of the molecule is CN1[C@@H]2CC[C@H]1[C@H](F)[C@H](Oc1ccc(-c3ccc(-c4ncn(C)c(=O)n4)cc3O)nn1)C2. The highest BCUT2D eigenvalue weighted by Gasteiger charge is 2.47. The van der Waals surface area contributed by atoms with Crippen LogP contribution in [0.4, 0.5) is 4.39 Å². The van der Waals surface area contributed by atoms with Gasteiger partial charge in [-0.05, 0) is 38.1 Å². The molecule has 4 heterocycles. The Kier molecular flexibility index (Phi) is 5.09. The van der Waals surface area contributed by atoms with Crippen LogP contribution < -0.4 is 10.4 Å². The number of aromatic hydroxyl groups is 1. The van der Waals surface area contributed by atoms with Crippen molar-refractivity contribution in [3.05, 3.63) is 47.1 Å². The Hall–Kier alpha value is -3.40. The summed E-state index contributed by atoms with van der Waals surface area (Å²) in [5.41, 5.74) is 0.958. The van der Waals surface area contributed by atoms with Crippen molar-refractivity contribution < 1.29 is 14.2 Å². The van der Waals surface area contributed by atoms with E-state index in [0.717, 1.165) is 12.8 Å². The fourth-order valence-electron chi connectivity index (χ4n) is 4.57. The maximum Gasteiger partial charge on any atom is 0.350 e. The average molecular weight is 438 g/mol. The Labute approximate surface area is 183 Å². The number of ether oxygens (including phenoxy) is 1. The minimum Gasteiger partial charge on any atom is -0.507 e. The van der Waals surface area contributed by atoms with E-state index in [2.05, 4.69) is 25.1 Å². The molecule has 2 bridgehead atoms. The van der Waals surface area contributed by atoms with Crippen molar-refractivity contribution in [2.45, 2.75) is 43.6 Å². The summed E-state index contributed by atoms with van der Waals surface area (Å²) in [6, 6.07) is 8.36. The fraction of sp³-hybridized carbons (Fsp3) is 0.409. The molecule has 0 aliphatic carbocycles. The van der Waals surface area contributed by atoms with Crippen molar-refractivity contribution in [2.75, 3.05) is 7.05 Å². The van der Waals surface area contributed by atoms with Gasteiger partial charge in [-0.15, -0.1) is 10.2 Å². The number of benzene rings is 1. The van der Waals surface area contributed by atoms with Gasteiger partial charge in [0, 0.05) is 42.7 Å². The Morgan fingerprint density at radius 1 is 1.16 bits per heavy atom. The van der Waals surface area contributed by atoms with E-state index in [0.29, 0.717) is 29.3 Å². The lowest BCUT2D eigenvalue weighted by atomic mass is 9.98. The molecule has 9 nitrogen and oxygen atoms in total. The molecule has 2 aliphatic heterocycles. The Balaban J connectivity index is 1.33. The van der Waals surface area contributed by atoms with Gasteiger partial charge in [0.15, 0.2) is 12.0 Å². The Bertz CT molecular complexity index is 1200. The molecule has 166 valence electrons. The molecule has 1 aromatic carbocycles. The number of fused-ring (bicyclic) bond motifs is 2. The zero-order valence-electron chi connectivity index (χ0n) is 17.7. The van der Waals surface area contributed by atoms with Crippen molar-refractivity contribution in [1.29, 1.82) is 0 Å². The zero-order valence-corrected chi connectivity index (χ0v) is 17.7. The van der Waals surface area contributed by atoms with Crippen molar-refractivity contribution in [1.82, 2.24) is 29.6 Å². The van der Waals surface area contributed by atoms with Crippen LogP contribution in [0.25, 0.3) is 22.6 Å². The minimum atomic E-state index is -1.06. The van der Waals surface area contributed by atoms with Gasteiger partial charge in [0.25, 0.3) is 0 Å². The van der Waals surface area contributed by atoms with Gasteiger partial charge in [-0.3, -0.25) is 9.47 Å². The molecule has 2 aliphatic rings. The molecule has 0 saturated carbocycles. The molecule has 10 heteroatoms. The third kappa shape index (κ3) is 3.60. The lowest BCUT2D eigenvalue weighted by Crippen LogP contribution is -2.52. The van der Waals surface area contributed by atoms with Gasteiger partial charge in [0.05, 0.1) is 5.69 Å². The maximum atomic E-state index is 14.8. The zero-order chi connectivity index (χ0) is 22.4. The molecule has 5 rings (SSSR count). The second-order valence-corrected chi connectivity index (χ2v) is 8.36. The third-order valence-electron chi connectivity index (χ3n) is 6.42. The molecule has 0 radical (unpaired) electrons. The van der Waals surface area contributed by atoms with Gasteiger partial charge in [-0.2, -0.15) is 4.98 Å². The highest BCUT2D eigenvalue weighted by atomic mass is 19.1. The molecule has 2 fully saturated rings. The summed E-state index contributed by atoms with van der Waals surface area (Å²) < 4.78 is 21.9. The second-order valence-electron chi connectivity index (χ2n) is 8.36. The first-order valence-corrected chi connectivity index (χ1v) is 10.5. The molecular formula is C22H23FN6O3. The molecule has 1 N–H and O–H groups in total. The molecule has 0 unspecified atom stereocenters. The van der Waals surface area contributed by atoms with Crippen LogP contribution >= 0.6 is 0 Å². The first kappa shape index (κ1) is 20.5. The van der Waals surface area contributed by atoms with Crippen LogP contribution in [0.2, 0.25) is 0 Å². The van der Waals surface area contributed by atoms with Gasteiger partial charge in [0.2, 0.25) is 5.88 Å². The van der Waals surface area contributed by atoms with E-state index in [1.807, 2.05) is 7.05 Å². The number of rotatable bonds is 4. The fourth-order valence-corrected chi connectivity index (χ4v) is 4.57. The lowest BCUT2D eigenvalue weighted by molar-refractivity contribution is -0.0134. The van der Waals surface area contributed by atoms with E-state index in [9.17, 15) is 14.3 Å². The maximum absolute atomic E-state index is 14.8. The van der Waals surface area contributed by atoms with Crippen molar-refractivity contribution >= 4 is 0 Å². The van der Waals surface area contributed by atoms with Gasteiger partial charge in [-0.1, -0.05) is 6.07 Å². The van der Waals surface area contributed by atoms with Crippen LogP contribution in [0, 0.1) is 0 Å². The van der Waals surface area contributed by atoms with Crippen molar-refractivity contribution in [3.8, 4) is 34.3 Å². The number of hydrogen-bond acceptors (Lipinski definition) is 8. The highest BCUT2D eigenvalue weighted by molar-refractivity contribution is 5.71. The summed E-state index contributed by atoms with van der Waals surface area (Å²) in [7, 11) is 3.53. The van der Waals surface area contributed by atoms with E-state index in [1.54, 1.807) is 31.3 Å². The number of piperidine rings is 1. The minimum absolute atomic E-state index is 0.0505. The highest BCUT2D eigenvalue weighted by Crippen LogP contribution is 2.38. The molecule has 4 atom stereocenters. The number of nitrogens with zero attached hydrogens (tertiary/aromatic N) is 6. The normalized spacial score (nSPS) is 25.1. The number of halogens is 1. The van der Waals surface area contributed by atoms with Crippen LogP contribution in [-0.2, 0) is 7.05 Å². The predicted molar refractivity (Wildman–Crippen MR) is 114 cm³/mol. The summed E-state index contributed by atoms with van der Waals surface area (Å²) in [4.78, 5) is 21.8. The van der Waals surface area contributed by atoms with E-state index in [4.69, 9.17) is 4.74 Å². The quantitative estimate of drug-likeness (QED) is 0.659. The number of aryl methyl sites for hydroxylation is 1. The first-order valence-electron chi connectivity index (χ1n) is 10.5. The van der Waals surface area contributed by atoms with E-state index in [-0.39, 0.29) is 23.5 Å². The van der Waals surface area contributed by atoms with Crippen molar-refractivity contribution in [3.63, 3.8) is 0 Å². The van der Waals surface area contributed by atoms with Crippen LogP contribution in [-0.4, -0.2) is 66.1 Å². The Morgan fingerprint density at radius 3 is 2.72 bits per heavy atom. The van der Waals surface area contributed by atoms with Crippen LogP contribution in [0.3, 0.4) is 0 Å². The summed E-state index contributed by atoms with van der Waals surface area (Å²) in [6.07, 6.45) is 2.25. The molecule has 0 amide bonds. The van der Waals surface area contributed by atoms with Gasteiger partial charge in [0.1, 0.15) is 18.2 Å². The standard InChI is InChI=1S/C22H23FN6O3/c1-28-11-24-21(25-22(28)31)12-3-5-14(17(30)9-12)15-6-8-19(27-26-15)32-18-10-13-4-7-16(20(18)23)29(13)2/h3,5-6,8-9,11,13,16,18,20,30H,4,7,10H2,1-2H3/t13-,16+,18-,20+/m1/s1. The Morgan fingerprint density at radius 2 is 2.00 bits per heavy atom. The molecule has 3 aromatic rings. The molecule has 32 heavy (non-hydrogen) atoms. The average Bonchev–Trinajstić information content (AvgIpc) is 3.06. The first-order chi connectivity index (χ1) is 15.4. The smallest absolute Gasteiger partial charge is 0.350 e. The van der Waals surface area contributed by atoms with Crippen LogP contribution in [0.5, 0.6) is 11.6 Å². The van der Waals surface area contributed by atoms with Crippen LogP contribution in [0.15, 0.2) is 41.5 Å². The number of phenols is 1. The molecular weight excluding hydrogens is 415 g/mol. The molecule has 0 spiro atoms. The van der Waals surface area contributed by atoms with E-state index in [1.165, 1.54) is 17.0 Å². The van der Waals surface area contributed by atoms with Crippen molar-refractivity contribution in [2.24, 2.45) is 7.05 Å². The molecule has 2 aromatic heterocycles. The second kappa shape index (κ2) is 7.94. The summed E-state index contributed by atoms with van der Waals surface area (Å²) in [6.45, 7) is 0. The molecule has 2 saturated heterocycles. The number of alkyl halides is 1. The van der Waals surface area contributed by atoms with Gasteiger partial charge in [-0.25, -0.2) is 14.2 Å². The van der Waals surface area contributed by atoms with E-state index < -0.39 is 18.0 Å². The van der Waals surface area contributed by atoms with Gasteiger partial charge < -0.3 is 9.84 Å². The summed E-state index contributed by atoms with van der Waals surface area (Å²) in [5.74, 6) is 0.429. The number of aromatic nitrogens is 5. The number of phenolic OH excluding ortho intramolecular Hbond substituents is 1. The van der Waals surface area contributed by atoms with Gasteiger partial charge >= 0.3 is 5.69 Å². The summed E-state index contributed by atoms with van der Waals surface area (Å²) >= 11 is 0. The largest absolute Gasteiger partial charge is 0.507 e. The van der Waals surface area contributed by atoms with E-state index >= 15 is 0 Å². The number of hydrogen-bond donors (Lipinski definition) is 1. The summed E-state index contributed by atoms with van der Waals surface area (Å²) in [5, 5.41) is 18.7. The predicted octanol–water partition coefficient (Wildman–Crippen LogP) is 1.96. The lowest BCUT2D eigenvalue weighted by Gasteiger charge is -2.38. The topological polar surface area (TPSA) is 106 Å².